The molecule has 0 bridgehead atoms. The van der Waals surface area contributed by atoms with E-state index in [9.17, 15) is 4.79 Å². The van der Waals surface area contributed by atoms with Crippen molar-refractivity contribution in [3.63, 3.8) is 0 Å². The molecule has 3 heterocycles. The Morgan fingerprint density at radius 2 is 2.08 bits per heavy atom. The van der Waals surface area contributed by atoms with Crippen LogP contribution < -0.4 is 5.32 Å². The average Bonchev–Trinajstić information content (AvgIpc) is 3.17. The first-order valence-corrected chi connectivity index (χ1v) is 9.07. The molecule has 0 aromatic carbocycles. The first-order chi connectivity index (χ1) is 12.8. The molecule has 1 N–H and O–H groups in total. The minimum atomic E-state index is -0.112. The molecule has 4 rings (SSSR count). The molecule has 134 valence electrons. The lowest BCUT2D eigenvalue weighted by atomic mass is 9.94. The van der Waals surface area contributed by atoms with Crippen LogP contribution in [0.3, 0.4) is 0 Å². The van der Waals surface area contributed by atoms with Gasteiger partial charge in [-0.3, -0.25) is 9.38 Å². The standard InChI is InChI=1S/C19H22N6O/c26-19(22-17-10-6-12-24-14-21-23-18(17)24)25(16-8-2-1-3-9-16)13-15-7-4-5-11-20-15/h4-7,10-12,14,16H,1-3,8-9,13H2,(H,22,26). The summed E-state index contributed by atoms with van der Waals surface area (Å²) in [5.41, 5.74) is 2.20. The van der Waals surface area contributed by atoms with Crippen molar-refractivity contribution in [2.24, 2.45) is 0 Å². The van der Waals surface area contributed by atoms with Gasteiger partial charge in [-0.1, -0.05) is 25.3 Å². The maximum atomic E-state index is 13.1. The molecule has 0 spiro atoms. The molecule has 0 radical (unpaired) electrons. The van der Waals surface area contributed by atoms with Crippen LogP contribution in [-0.2, 0) is 6.54 Å². The van der Waals surface area contributed by atoms with Crippen LogP contribution in [-0.4, -0.2) is 36.6 Å². The molecule has 7 nitrogen and oxygen atoms in total. The Kier molecular flexibility index (Phi) is 4.77. The lowest BCUT2D eigenvalue weighted by Crippen LogP contribution is -2.43. The molecule has 1 aliphatic carbocycles. The number of anilines is 1. The number of rotatable bonds is 4. The van der Waals surface area contributed by atoms with E-state index in [4.69, 9.17) is 0 Å². The Bertz CT molecular complexity index is 872. The van der Waals surface area contributed by atoms with Crippen molar-refractivity contribution in [2.75, 3.05) is 5.32 Å². The molecule has 1 fully saturated rings. The van der Waals surface area contributed by atoms with Crippen molar-refractivity contribution in [3.8, 4) is 0 Å². The van der Waals surface area contributed by atoms with Gasteiger partial charge in [0.2, 0.25) is 0 Å². The second-order valence-corrected chi connectivity index (χ2v) is 6.65. The summed E-state index contributed by atoms with van der Waals surface area (Å²) < 4.78 is 1.79. The number of urea groups is 1. The number of nitrogens with zero attached hydrogens (tertiary/aromatic N) is 5. The van der Waals surface area contributed by atoms with E-state index in [0.717, 1.165) is 31.4 Å². The predicted molar refractivity (Wildman–Crippen MR) is 98.7 cm³/mol. The molecule has 0 aliphatic heterocycles. The van der Waals surface area contributed by atoms with Crippen molar-refractivity contribution in [2.45, 2.75) is 44.7 Å². The highest BCUT2D eigenvalue weighted by Crippen LogP contribution is 2.25. The third-order valence-electron chi connectivity index (χ3n) is 4.90. The van der Waals surface area contributed by atoms with Crippen LogP contribution in [0.4, 0.5) is 10.5 Å². The smallest absolute Gasteiger partial charge is 0.316 e. The molecule has 0 unspecified atom stereocenters. The van der Waals surface area contributed by atoms with Crippen LogP contribution >= 0.6 is 0 Å². The zero-order chi connectivity index (χ0) is 17.8. The van der Waals surface area contributed by atoms with Crippen LogP contribution in [0.15, 0.2) is 49.1 Å². The van der Waals surface area contributed by atoms with Gasteiger partial charge in [0.05, 0.1) is 17.9 Å². The number of hydrogen-bond donors (Lipinski definition) is 1. The summed E-state index contributed by atoms with van der Waals surface area (Å²) in [5, 5.41) is 11.0. The van der Waals surface area contributed by atoms with E-state index in [1.807, 2.05) is 41.4 Å². The highest BCUT2D eigenvalue weighted by molar-refractivity contribution is 5.93. The summed E-state index contributed by atoms with van der Waals surface area (Å²) in [7, 11) is 0. The first-order valence-electron chi connectivity index (χ1n) is 9.07. The van der Waals surface area contributed by atoms with Crippen LogP contribution in [0.1, 0.15) is 37.8 Å². The molecule has 26 heavy (non-hydrogen) atoms. The highest BCUT2D eigenvalue weighted by Gasteiger charge is 2.26. The van der Waals surface area contributed by atoms with Crippen molar-refractivity contribution in [1.82, 2.24) is 24.5 Å². The lowest BCUT2D eigenvalue weighted by Gasteiger charge is -2.34. The monoisotopic (exact) mass is 350 g/mol. The lowest BCUT2D eigenvalue weighted by molar-refractivity contribution is 0.162. The number of carbonyl (C=O) groups is 1. The van der Waals surface area contributed by atoms with E-state index in [2.05, 4.69) is 20.5 Å². The normalized spacial score (nSPS) is 15.1. The average molecular weight is 350 g/mol. The molecule has 3 aromatic rings. The van der Waals surface area contributed by atoms with Gasteiger partial charge in [0.25, 0.3) is 0 Å². The maximum absolute atomic E-state index is 13.1. The summed E-state index contributed by atoms with van der Waals surface area (Å²) in [6, 6.07) is 9.65. The second-order valence-electron chi connectivity index (χ2n) is 6.65. The van der Waals surface area contributed by atoms with E-state index in [1.54, 1.807) is 16.9 Å². The van der Waals surface area contributed by atoms with E-state index in [-0.39, 0.29) is 12.1 Å². The van der Waals surface area contributed by atoms with Gasteiger partial charge in [-0.15, -0.1) is 10.2 Å². The van der Waals surface area contributed by atoms with Gasteiger partial charge in [-0.25, -0.2) is 4.79 Å². The molecular weight excluding hydrogens is 328 g/mol. The molecule has 2 amide bonds. The largest absolute Gasteiger partial charge is 0.322 e. The molecule has 3 aromatic heterocycles. The van der Waals surface area contributed by atoms with Crippen molar-refractivity contribution >= 4 is 17.4 Å². The van der Waals surface area contributed by atoms with Gasteiger partial charge in [0.1, 0.15) is 6.33 Å². The van der Waals surface area contributed by atoms with Gasteiger partial charge in [-0.05, 0) is 37.1 Å². The molecular formula is C19H22N6O. The Morgan fingerprint density at radius 3 is 2.88 bits per heavy atom. The van der Waals surface area contributed by atoms with Crippen LogP contribution in [0.5, 0.6) is 0 Å². The topological polar surface area (TPSA) is 75.4 Å². The summed E-state index contributed by atoms with van der Waals surface area (Å²) in [6.45, 7) is 0.507. The summed E-state index contributed by atoms with van der Waals surface area (Å²) in [5.74, 6) is 0. The minimum Gasteiger partial charge on any atom is -0.316 e. The Morgan fingerprint density at radius 1 is 1.19 bits per heavy atom. The van der Waals surface area contributed by atoms with E-state index in [1.165, 1.54) is 6.42 Å². The van der Waals surface area contributed by atoms with Gasteiger partial charge in [-0.2, -0.15) is 0 Å². The number of fused-ring (bicyclic) bond motifs is 1. The summed E-state index contributed by atoms with van der Waals surface area (Å²) in [4.78, 5) is 19.4. The first kappa shape index (κ1) is 16.5. The number of nitrogens with one attached hydrogen (secondary N) is 1. The highest BCUT2D eigenvalue weighted by atomic mass is 16.2. The number of aromatic nitrogens is 4. The van der Waals surface area contributed by atoms with E-state index in [0.29, 0.717) is 17.9 Å². The van der Waals surface area contributed by atoms with Crippen molar-refractivity contribution in [3.05, 3.63) is 54.7 Å². The zero-order valence-electron chi connectivity index (χ0n) is 14.6. The minimum absolute atomic E-state index is 0.112. The maximum Gasteiger partial charge on any atom is 0.322 e. The fraction of sp³-hybridized carbons (Fsp3) is 0.368. The van der Waals surface area contributed by atoms with Crippen LogP contribution in [0, 0.1) is 0 Å². The fourth-order valence-electron chi connectivity index (χ4n) is 3.56. The summed E-state index contributed by atoms with van der Waals surface area (Å²) in [6.07, 6.45) is 10.9. The van der Waals surface area contributed by atoms with E-state index < -0.39 is 0 Å². The van der Waals surface area contributed by atoms with Crippen LogP contribution in [0.25, 0.3) is 5.65 Å². The van der Waals surface area contributed by atoms with Crippen molar-refractivity contribution < 1.29 is 4.79 Å². The number of carbonyl (C=O) groups excluding carboxylic acids is 1. The van der Waals surface area contributed by atoms with Gasteiger partial charge in [0, 0.05) is 18.4 Å². The van der Waals surface area contributed by atoms with Gasteiger partial charge < -0.3 is 10.2 Å². The van der Waals surface area contributed by atoms with E-state index >= 15 is 0 Å². The zero-order valence-corrected chi connectivity index (χ0v) is 14.6. The number of hydrogen-bond acceptors (Lipinski definition) is 4. The molecule has 1 saturated carbocycles. The van der Waals surface area contributed by atoms with Crippen molar-refractivity contribution in [1.29, 1.82) is 0 Å². The quantitative estimate of drug-likeness (QED) is 0.781. The third kappa shape index (κ3) is 3.51. The number of amides is 2. The Balaban J connectivity index is 1.57. The second kappa shape index (κ2) is 7.51. The van der Waals surface area contributed by atoms with Crippen LogP contribution in [0.2, 0.25) is 0 Å². The Labute approximate surface area is 152 Å². The third-order valence-corrected chi connectivity index (χ3v) is 4.90. The molecule has 0 saturated heterocycles. The fourth-order valence-corrected chi connectivity index (χ4v) is 3.56. The van der Waals surface area contributed by atoms with Gasteiger partial charge >= 0.3 is 6.03 Å². The predicted octanol–water partition coefficient (Wildman–Crippen LogP) is 3.49. The number of pyridine rings is 2. The van der Waals surface area contributed by atoms with Gasteiger partial charge in [0.15, 0.2) is 5.65 Å². The molecule has 1 aliphatic rings. The summed E-state index contributed by atoms with van der Waals surface area (Å²) >= 11 is 0. The molecule has 0 atom stereocenters. The Hall–Kier alpha value is -2.96. The molecule has 7 heteroatoms. The SMILES string of the molecule is O=C(Nc1cccn2cnnc12)N(Cc1ccccn1)C1CCCCC1.